The Bertz CT molecular complexity index is 771. The van der Waals surface area contributed by atoms with Gasteiger partial charge >= 0.3 is 0 Å². The fraction of sp³-hybridized carbons (Fsp3) is 0.714. The third-order valence-electron chi connectivity index (χ3n) is 8.69. The molecule has 0 heterocycles. The smallest absolute Gasteiger partial charge is 0.0811 e. The van der Waals surface area contributed by atoms with Crippen LogP contribution in [0.4, 0.5) is 0 Å². The Morgan fingerprint density at radius 3 is 2.56 bits per heavy atom. The molecule has 3 aliphatic rings. The summed E-state index contributed by atoms with van der Waals surface area (Å²) in [7, 11) is 0. The van der Waals surface area contributed by atoms with Gasteiger partial charge in [-0.2, -0.15) is 0 Å². The molecule has 7 atom stereocenters. The van der Waals surface area contributed by atoms with Gasteiger partial charge in [-0.05, 0) is 86.7 Å². The number of fused-ring (bicyclic) bond motifs is 1. The average Bonchev–Trinajstić information content (AvgIpc) is 3.06. The number of allylic oxidation sites excluding steroid dienone is 4. The van der Waals surface area contributed by atoms with Crippen LogP contribution in [0.25, 0.3) is 0 Å². The van der Waals surface area contributed by atoms with Gasteiger partial charge in [-0.3, -0.25) is 0 Å². The minimum Gasteiger partial charge on any atom is -0.396 e. The van der Waals surface area contributed by atoms with Gasteiger partial charge in [-0.15, -0.1) is 0 Å². The van der Waals surface area contributed by atoms with E-state index >= 15 is 0 Å². The number of hydrogen-bond donors (Lipinski definition) is 4. The van der Waals surface area contributed by atoms with E-state index in [-0.39, 0.29) is 17.9 Å². The third kappa shape index (κ3) is 5.30. The Labute approximate surface area is 194 Å². The molecule has 0 saturated heterocycles. The number of aliphatic hydroxyl groups excluding tert-OH is 3. The summed E-state index contributed by atoms with van der Waals surface area (Å²) in [4.78, 5) is 0. The Balaban J connectivity index is 1.77. The second-order valence-corrected chi connectivity index (χ2v) is 11.4. The van der Waals surface area contributed by atoms with Gasteiger partial charge in [-0.1, -0.05) is 50.3 Å². The van der Waals surface area contributed by atoms with Crippen molar-refractivity contribution in [3.8, 4) is 0 Å². The van der Waals surface area contributed by atoms with Gasteiger partial charge in [0.05, 0.1) is 24.4 Å². The molecule has 3 saturated carbocycles. The zero-order chi connectivity index (χ0) is 23.7. The van der Waals surface area contributed by atoms with Crippen LogP contribution in [0.1, 0.15) is 72.6 Å². The van der Waals surface area contributed by atoms with Crippen LogP contribution in [-0.2, 0) is 0 Å². The highest BCUT2D eigenvalue weighted by Crippen LogP contribution is 2.59. The number of aliphatic hydroxyl groups is 4. The van der Waals surface area contributed by atoms with E-state index in [4.69, 9.17) is 0 Å². The molecule has 3 rings (SSSR count). The summed E-state index contributed by atoms with van der Waals surface area (Å²) in [5, 5.41) is 40.1. The molecule has 0 radical (unpaired) electrons. The summed E-state index contributed by atoms with van der Waals surface area (Å²) in [5.41, 5.74) is 2.55. The van der Waals surface area contributed by atoms with Gasteiger partial charge < -0.3 is 20.4 Å². The highest BCUT2D eigenvalue weighted by atomic mass is 16.3. The van der Waals surface area contributed by atoms with Crippen molar-refractivity contribution in [3.05, 3.63) is 47.6 Å². The minimum absolute atomic E-state index is 0.0481. The van der Waals surface area contributed by atoms with Crippen LogP contribution in [0.15, 0.2) is 47.6 Å². The summed E-state index contributed by atoms with van der Waals surface area (Å²) >= 11 is 0. The van der Waals surface area contributed by atoms with Crippen molar-refractivity contribution >= 4 is 0 Å². The first-order valence-corrected chi connectivity index (χ1v) is 12.4. The van der Waals surface area contributed by atoms with Crippen molar-refractivity contribution in [2.75, 3.05) is 6.61 Å². The Hall–Kier alpha value is -1.20. The van der Waals surface area contributed by atoms with Crippen LogP contribution in [-0.4, -0.2) is 44.8 Å². The summed E-state index contributed by atoms with van der Waals surface area (Å²) in [6.45, 7) is 12.2. The average molecular weight is 445 g/mol. The van der Waals surface area contributed by atoms with Crippen molar-refractivity contribution in [1.82, 2.24) is 0 Å². The molecule has 0 aromatic carbocycles. The molecule has 4 N–H and O–H groups in total. The van der Waals surface area contributed by atoms with Crippen molar-refractivity contribution < 1.29 is 20.4 Å². The molecular weight excluding hydrogens is 400 g/mol. The Morgan fingerprint density at radius 2 is 1.91 bits per heavy atom. The molecule has 0 bridgehead atoms. The van der Waals surface area contributed by atoms with Crippen molar-refractivity contribution in [3.63, 3.8) is 0 Å². The maximum atomic E-state index is 10.3. The van der Waals surface area contributed by atoms with Crippen molar-refractivity contribution in [2.45, 2.75) is 90.4 Å². The van der Waals surface area contributed by atoms with E-state index in [1.54, 1.807) is 13.8 Å². The van der Waals surface area contributed by atoms with Crippen LogP contribution >= 0.6 is 0 Å². The number of hydrogen-bond acceptors (Lipinski definition) is 4. The normalized spacial score (nSPS) is 38.4. The zero-order valence-electron chi connectivity index (χ0n) is 20.4. The summed E-state index contributed by atoms with van der Waals surface area (Å²) in [5.74, 6) is 1.28. The maximum absolute atomic E-state index is 10.3. The Morgan fingerprint density at radius 1 is 1.19 bits per heavy atom. The van der Waals surface area contributed by atoms with Gasteiger partial charge in [0.2, 0.25) is 0 Å². The molecule has 180 valence electrons. The van der Waals surface area contributed by atoms with Gasteiger partial charge in [0.15, 0.2) is 0 Å². The first kappa shape index (κ1) is 25.4. The first-order valence-electron chi connectivity index (χ1n) is 12.4. The standard InChI is InChI=1S/C28H44O4/c1-18(8-11-22(17-29)27(3,4)32)24-12-13-25-20(7-6-14-28(24,25)5)9-10-21-15-23(30)16-26(31)19(21)2/h8-11,18,22-26,29-32H,2,6-7,12-17H2,1,3-5H3/b11-8+,20-9+,21-10-/t18-,22-,23-,24-,25+,26+,28-/m1/s1. The van der Waals surface area contributed by atoms with Crippen LogP contribution in [0.2, 0.25) is 0 Å². The highest BCUT2D eigenvalue weighted by molar-refractivity contribution is 5.38. The minimum atomic E-state index is -0.925. The molecule has 32 heavy (non-hydrogen) atoms. The maximum Gasteiger partial charge on any atom is 0.0811 e. The summed E-state index contributed by atoms with van der Waals surface area (Å²) < 4.78 is 0. The predicted molar refractivity (Wildman–Crippen MR) is 130 cm³/mol. The lowest BCUT2D eigenvalue weighted by molar-refractivity contribution is 0.0128. The molecule has 4 heteroatoms. The van der Waals surface area contributed by atoms with E-state index in [0.29, 0.717) is 30.6 Å². The lowest BCUT2D eigenvalue weighted by Crippen LogP contribution is -2.36. The highest BCUT2D eigenvalue weighted by Gasteiger charge is 2.50. The zero-order valence-corrected chi connectivity index (χ0v) is 20.4. The predicted octanol–water partition coefficient (Wildman–Crippen LogP) is 4.70. The monoisotopic (exact) mass is 444 g/mol. The molecule has 3 fully saturated rings. The van der Waals surface area contributed by atoms with E-state index in [9.17, 15) is 20.4 Å². The van der Waals surface area contributed by atoms with E-state index in [2.05, 4.69) is 38.7 Å². The molecule has 0 aromatic heterocycles. The van der Waals surface area contributed by atoms with E-state index < -0.39 is 17.8 Å². The lowest BCUT2D eigenvalue weighted by Gasteiger charge is -2.44. The quantitative estimate of drug-likeness (QED) is 0.448. The first-order chi connectivity index (χ1) is 15.0. The molecule has 0 unspecified atom stereocenters. The van der Waals surface area contributed by atoms with Gasteiger partial charge in [-0.25, -0.2) is 0 Å². The largest absolute Gasteiger partial charge is 0.396 e. The van der Waals surface area contributed by atoms with Gasteiger partial charge in [0.25, 0.3) is 0 Å². The topological polar surface area (TPSA) is 80.9 Å². The summed E-state index contributed by atoms with van der Waals surface area (Å²) in [6.07, 6.45) is 14.3. The lowest BCUT2D eigenvalue weighted by atomic mass is 9.61. The van der Waals surface area contributed by atoms with Gasteiger partial charge in [0, 0.05) is 12.3 Å². The molecule has 0 aromatic rings. The fourth-order valence-corrected chi connectivity index (χ4v) is 6.57. The molecule has 0 amide bonds. The second-order valence-electron chi connectivity index (χ2n) is 11.4. The van der Waals surface area contributed by atoms with Crippen molar-refractivity contribution in [2.24, 2.45) is 29.1 Å². The van der Waals surface area contributed by atoms with Crippen molar-refractivity contribution in [1.29, 1.82) is 0 Å². The number of rotatable bonds is 6. The van der Waals surface area contributed by atoms with Crippen LogP contribution in [0.5, 0.6) is 0 Å². The van der Waals surface area contributed by atoms with E-state index in [1.807, 2.05) is 6.08 Å². The second kappa shape index (κ2) is 9.97. The molecule has 0 spiro atoms. The van der Waals surface area contributed by atoms with E-state index in [1.165, 1.54) is 31.3 Å². The van der Waals surface area contributed by atoms with Crippen LogP contribution in [0.3, 0.4) is 0 Å². The molecule has 0 aliphatic heterocycles. The SMILES string of the molecule is C=C1/C(=C\C=C2/CCC[C@]3(C)[C@@H]([C@H](C)/C=C/[C@H](CO)C(C)(C)O)CC[C@@H]23)C[C@@H](O)C[C@@H]1O. The van der Waals surface area contributed by atoms with Crippen LogP contribution in [0, 0.1) is 29.1 Å². The molecular formula is C28H44O4. The Kier molecular flexibility index (Phi) is 7.92. The molecule has 4 nitrogen and oxygen atoms in total. The van der Waals surface area contributed by atoms with Crippen LogP contribution < -0.4 is 0 Å². The van der Waals surface area contributed by atoms with Gasteiger partial charge in [0.1, 0.15) is 0 Å². The molecule has 3 aliphatic carbocycles. The fourth-order valence-electron chi connectivity index (χ4n) is 6.57. The van der Waals surface area contributed by atoms with E-state index in [0.717, 1.165) is 17.6 Å². The third-order valence-corrected chi connectivity index (χ3v) is 8.69. The summed E-state index contributed by atoms with van der Waals surface area (Å²) in [6, 6.07) is 0.